The standard InChI is InChI=1S/C7H17N3O/c1-6(3-4-8)5-10-7(11)9-2/h6H,3-5,8H2,1-2H3,(H2,9,10,11). The van der Waals surface area contributed by atoms with Gasteiger partial charge in [0.05, 0.1) is 0 Å². The summed E-state index contributed by atoms with van der Waals surface area (Å²) in [5.41, 5.74) is 5.34. The van der Waals surface area contributed by atoms with Crippen LogP contribution in [0.4, 0.5) is 4.79 Å². The first kappa shape index (κ1) is 10.2. The summed E-state index contributed by atoms with van der Waals surface area (Å²) in [6.45, 7) is 3.43. The van der Waals surface area contributed by atoms with Gasteiger partial charge in [-0.25, -0.2) is 4.79 Å². The van der Waals surface area contributed by atoms with Gasteiger partial charge in [0, 0.05) is 13.6 Å². The molecule has 66 valence electrons. The Kier molecular flexibility index (Phi) is 5.56. The second kappa shape index (κ2) is 5.97. The number of nitrogens with one attached hydrogen (secondary N) is 2. The molecule has 0 saturated heterocycles. The summed E-state index contributed by atoms with van der Waals surface area (Å²) >= 11 is 0. The molecular formula is C7H17N3O. The Labute approximate surface area is 67.5 Å². The van der Waals surface area contributed by atoms with Crippen molar-refractivity contribution >= 4 is 6.03 Å². The average Bonchev–Trinajstić information content (AvgIpc) is 2.01. The highest BCUT2D eigenvalue weighted by Crippen LogP contribution is 1.96. The van der Waals surface area contributed by atoms with Crippen molar-refractivity contribution in [2.24, 2.45) is 11.7 Å². The highest BCUT2D eigenvalue weighted by atomic mass is 16.2. The molecule has 0 heterocycles. The van der Waals surface area contributed by atoms with E-state index in [1.165, 1.54) is 0 Å². The van der Waals surface area contributed by atoms with E-state index in [4.69, 9.17) is 5.73 Å². The zero-order chi connectivity index (χ0) is 8.69. The molecule has 0 aromatic carbocycles. The summed E-state index contributed by atoms with van der Waals surface area (Å²) < 4.78 is 0. The van der Waals surface area contributed by atoms with Crippen LogP contribution in [0.2, 0.25) is 0 Å². The quantitative estimate of drug-likeness (QED) is 0.536. The van der Waals surface area contributed by atoms with Gasteiger partial charge in [0.25, 0.3) is 0 Å². The van der Waals surface area contributed by atoms with E-state index in [9.17, 15) is 4.79 Å². The predicted molar refractivity (Wildman–Crippen MR) is 45.3 cm³/mol. The van der Waals surface area contributed by atoms with E-state index in [0.717, 1.165) is 6.42 Å². The van der Waals surface area contributed by atoms with Crippen LogP contribution in [-0.2, 0) is 0 Å². The molecule has 0 aromatic rings. The number of carbonyl (C=O) groups is 1. The molecule has 0 spiro atoms. The lowest BCUT2D eigenvalue weighted by Crippen LogP contribution is -2.35. The maximum Gasteiger partial charge on any atom is 0.314 e. The van der Waals surface area contributed by atoms with Crippen molar-refractivity contribution in [2.45, 2.75) is 13.3 Å². The number of hydrogen-bond acceptors (Lipinski definition) is 2. The van der Waals surface area contributed by atoms with E-state index in [1.807, 2.05) is 0 Å². The highest BCUT2D eigenvalue weighted by Gasteiger charge is 2.01. The summed E-state index contributed by atoms with van der Waals surface area (Å²) in [6, 6.07) is -0.131. The van der Waals surface area contributed by atoms with Crippen molar-refractivity contribution in [1.82, 2.24) is 10.6 Å². The van der Waals surface area contributed by atoms with Crippen molar-refractivity contribution < 1.29 is 4.79 Å². The molecule has 0 radical (unpaired) electrons. The van der Waals surface area contributed by atoms with Crippen molar-refractivity contribution in [3.05, 3.63) is 0 Å². The maximum atomic E-state index is 10.7. The van der Waals surface area contributed by atoms with Gasteiger partial charge in [-0.1, -0.05) is 6.92 Å². The minimum absolute atomic E-state index is 0.131. The minimum Gasteiger partial charge on any atom is -0.341 e. The van der Waals surface area contributed by atoms with Gasteiger partial charge in [0.15, 0.2) is 0 Å². The van der Waals surface area contributed by atoms with Crippen LogP contribution in [-0.4, -0.2) is 26.2 Å². The lowest BCUT2D eigenvalue weighted by molar-refractivity contribution is 0.241. The summed E-state index contributed by atoms with van der Waals surface area (Å²) in [7, 11) is 1.60. The SMILES string of the molecule is CNC(=O)NCC(C)CCN. The van der Waals surface area contributed by atoms with Crippen LogP contribution in [0.25, 0.3) is 0 Å². The number of nitrogens with two attached hydrogens (primary N) is 1. The number of urea groups is 1. The highest BCUT2D eigenvalue weighted by molar-refractivity contribution is 5.73. The molecule has 4 heteroatoms. The average molecular weight is 159 g/mol. The molecule has 0 aliphatic carbocycles. The number of hydrogen-bond donors (Lipinski definition) is 3. The first-order chi connectivity index (χ1) is 5.20. The van der Waals surface area contributed by atoms with Crippen LogP contribution >= 0.6 is 0 Å². The number of rotatable bonds is 4. The van der Waals surface area contributed by atoms with Crippen molar-refractivity contribution in [1.29, 1.82) is 0 Å². The van der Waals surface area contributed by atoms with E-state index < -0.39 is 0 Å². The third-order valence-corrected chi connectivity index (χ3v) is 1.50. The fourth-order valence-electron chi connectivity index (χ4n) is 0.742. The van der Waals surface area contributed by atoms with Crippen LogP contribution < -0.4 is 16.4 Å². The Morgan fingerprint density at radius 3 is 2.73 bits per heavy atom. The normalized spacial score (nSPS) is 12.3. The molecule has 0 saturated carbocycles. The third-order valence-electron chi connectivity index (χ3n) is 1.50. The Balaban J connectivity index is 3.29. The van der Waals surface area contributed by atoms with Gasteiger partial charge in [-0.2, -0.15) is 0 Å². The van der Waals surface area contributed by atoms with E-state index in [-0.39, 0.29) is 6.03 Å². The zero-order valence-corrected chi connectivity index (χ0v) is 7.18. The lowest BCUT2D eigenvalue weighted by Gasteiger charge is -2.10. The molecule has 4 nitrogen and oxygen atoms in total. The topological polar surface area (TPSA) is 67.2 Å². The zero-order valence-electron chi connectivity index (χ0n) is 7.18. The molecule has 1 unspecified atom stereocenters. The molecule has 0 rings (SSSR count). The number of carbonyl (C=O) groups excluding carboxylic acids is 1. The van der Waals surface area contributed by atoms with Gasteiger partial charge < -0.3 is 16.4 Å². The predicted octanol–water partition coefficient (Wildman–Crippen LogP) is -0.0997. The maximum absolute atomic E-state index is 10.7. The fourth-order valence-corrected chi connectivity index (χ4v) is 0.742. The second-order valence-corrected chi connectivity index (χ2v) is 2.64. The lowest BCUT2D eigenvalue weighted by atomic mass is 10.1. The summed E-state index contributed by atoms with van der Waals surface area (Å²) in [6.07, 6.45) is 0.948. The van der Waals surface area contributed by atoms with Gasteiger partial charge in [-0.05, 0) is 18.9 Å². The smallest absolute Gasteiger partial charge is 0.314 e. The Bertz CT molecular complexity index is 116. The molecule has 0 fully saturated rings. The fraction of sp³-hybridized carbons (Fsp3) is 0.857. The van der Waals surface area contributed by atoms with Crippen LogP contribution in [0.1, 0.15) is 13.3 Å². The molecule has 11 heavy (non-hydrogen) atoms. The van der Waals surface area contributed by atoms with E-state index in [2.05, 4.69) is 17.6 Å². The van der Waals surface area contributed by atoms with Crippen molar-refractivity contribution in [3.63, 3.8) is 0 Å². The van der Waals surface area contributed by atoms with Crippen LogP contribution in [0.15, 0.2) is 0 Å². The molecule has 0 aliphatic heterocycles. The Morgan fingerprint density at radius 1 is 1.64 bits per heavy atom. The van der Waals surface area contributed by atoms with Gasteiger partial charge in [-0.3, -0.25) is 0 Å². The third kappa shape index (κ3) is 5.66. The largest absolute Gasteiger partial charge is 0.341 e. The molecule has 0 aliphatic rings. The summed E-state index contributed by atoms with van der Waals surface area (Å²) in [4.78, 5) is 10.7. The van der Waals surface area contributed by atoms with E-state index >= 15 is 0 Å². The summed E-state index contributed by atoms with van der Waals surface area (Å²) in [5.74, 6) is 0.456. The van der Waals surface area contributed by atoms with Crippen molar-refractivity contribution in [2.75, 3.05) is 20.1 Å². The van der Waals surface area contributed by atoms with Gasteiger partial charge >= 0.3 is 6.03 Å². The van der Waals surface area contributed by atoms with E-state index in [1.54, 1.807) is 7.05 Å². The Morgan fingerprint density at radius 2 is 2.27 bits per heavy atom. The molecular weight excluding hydrogens is 142 g/mol. The monoisotopic (exact) mass is 159 g/mol. The number of amides is 2. The Hall–Kier alpha value is -0.770. The van der Waals surface area contributed by atoms with Gasteiger partial charge in [0.1, 0.15) is 0 Å². The van der Waals surface area contributed by atoms with Crippen molar-refractivity contribution in [3.8, 4) is 0 Å². The minimum atomic E-state index is -0.131. The van der Waals surface area contributed by atoms with E-state index in [0.29, 0.717) is 19.0 Å². The first-order valence-corrected chi connectivity index (χ1v) is 3.86. The summed E-state index contributed by atoms with van der Waals surface area (Å²) in [5, 5.41) is 5.19. The molecule has 4 N–H and O–H groups in total. The molecule has 2 amide bonds. The van der Waals surface area contributed by atoms with Crippen LogP contribution in [0.3, 0.4) is 0 Å². The first-order valence-electron chi connectivity index (χ1n) is 3.86. The molecule has 1 atom stereocenters. The second-order valence-electron chi connectivity index (χ2n) is 2.64. The molecule has 0 aromatic heterocycles. The molecule has 0 bridgehead atoms. The van der Waals surface area contributed by atoms with Gasteiger partial charge in [0.2, 0.25) is 0 Å². The van der Waals surface area contributed by atoms with Crippen LogP contribution in [0.5, 0.6) is 0 Å². The van der Waals surface area contributed by atoms with Crippen LogP contribution in [0, 0.1) is 5.92 Å². The van der Waals surface area contributed by atoms with Gasteiger partial charge in [-0.15, -0.1) is 0 Å².